The number of aromatic nitrogens is 1. The first-order valence-electron chi connectivity index (χ1n) is 3.77. The third-order valence-corrected chi connectivity index (χ3v) is 2.72. The summed E-state index contributed by atoms with van der Waals surface area (Å²) in [6.45, 7) is 2.05. The van der Waals surface area contributed by atoms with Crippen molar-refractivity contribution >= 4 is 21.6 Å². The van der Waals surface area contributed by atoms with Crippen molar-refractivity contribution in [2.24, 2.45) is 0 Å². The van der Waals surface area contributed by atoms with Crippen LogP contribution in [0, 0.1) is 6.92 Å². The largest absolute Gasteiger partial charge is 0.392 e. The first-order valence-corrected chi connectivity index (χ1v) is 4.59. The topological polar surface area (TPSA) is 33.1 Å². The molecule has 0 saturated heterocycles. The van der Waals surface area contributed by atoms with E-state index in [-0.39, 0.29) is 6.61 Å². The Morgan fingerprint density at radius 3 is 3.08 bits per heavy atom. The molecule has 12 heavy (non-hydrogen) atoms. The molecule has 3 heteroatoms. The second-order valence-corrected chi connectivity index (χ2v) is 3.89. The van der Waals surface area contributed by atoms with Crippen molar-refractivity contribution in [3.8, 4) is 0 Å². The highest BCUT2D eigenvalue weighted by Crippen LogP contribution is 2.24. The zero-order chi connectivity index (χ0) is 8.55. The van der Waals surface area contributed by atoms with Crippen molar-refractivity contribution in [3.63, 3.8) is 0 Å². The number of aliphatic hydroxyl groups is 1. The normalized spacial score (nSPS) is 10.8. The van der Waals surface area contributed by atoms with Crippen molar-refractivity contribution in [1.82, 2.24) is 4.98 Å². The number of para-hydroxylation sites is 1. The van der Waals surface area contributed by atoms with Crippen LogP contribution in [0.3, 0.4) is 0 Å². The van der Waals surface area contributed by atoms with Crippen molar-refractivity contribution in [1.29, 1.82) is 0 Å². The molecule has 0 fully saturated rings. The van der Waals surface area contributed by atoms with E-state index in [0.717, 1.165) is 20.8 Å². The molecule has 1 aromatic carbocycles. The van der Waals surface area contributed by atoms with Gasteiger partial charge >= 0.3 is 0 Å². The lowest BCUT2D eigenvalue weighted by molar-refractivity contribution is 0.283. The standard InChI is InChI=1S/C9H9NOS/c1-6-10-9-7(5-11)3-2-4-8(9)12-6/h2-4,11H,5H2,1H3. The van der Waals surface area contributed by atoms with Gasteiger partial charge in [-0.1, -0.05) is 12.1 Å². The number of hydrogen-bond donors (Lipinski definition) is 1. The van der Waals surface area contributed by atoms with E-state index in [1.807, 2.05) is 25.1 Å². The van der Waals surface area contributed by atoms with Crippen LogP contribution < -0.4 is 0 Å². The molecule has 0 atom stereocenters. The lowest BCUT2D eigenvalue weighted by Gasteiger charge is -1.94. The van der Waals surface area contributed by atoms with Crippen molar-refractivity contribution in [3.05, 3.63) is 28.8 Å². The number of benzene rings is 1. The first-order chi connectivity index (χ1) is 5.81. The monoisotopic (exact) mass is 179 g/mol. The fraction of sp³-hybridized carbons (Fsp3) is 0.222. The Kier molecular flexibility index (Phi) is 1.83. The van der Waals surface area contributed by atoms with E-state index in [0.29, 0.717) is 0 Å². The highest BCUT2D eigenvalue weighted by molar-refractivity contribution is 7.18. The van der Waals surface area contributed by atoms with Crippen LogP contribution in [0.25, 0.3) is 10.2 Å². The zero-order valence-corrected chi connectivity index (χ0v) is 7.56. The second-order valence-electron chi connectivity index (χ2n) is 2.65. The van der Waals surface area contributed by atoms with E-state index in [1.165, 1.54) is 0 Å². The van der Waals surface area contributed by atoms with Crippen LogP contribution in [0.5, 0.6) is 0 Å². The molecule has 0 bridgehead atoms. The van der Waals surface area contributed by atoms with Crippen LogP contribution in [-0.4, -0.2) is 10.1 Å². The minimum Gasteiger partial charge on any atom is -0.392 e. The van der Waals surface area contributed by atoms with Crippen LogP contribution in [0.1, 0.15) is 10.6 Å². The smallest absolute Gasteiger partial charge is 0.0907 e. The summed E-state index contributed by atoms with van der Waals surface area (Å²) in [4.78, 5) is 4.34. The number of aliphatic hydroxyl groups excluding tert-OH is 1. The third kappa shape index (κ3) is 1.11. The van der Waals surface area contributed by atoms with E-state index < -0.39 is 0 Å². The predicted molar refractivity (Wildman–Crippen MR) is 50.3 cm³/mol. The molecular weight excluding hydrogens is 170 g/mol. The van der Waals surface area contributed by atoms with Gasteiger partial charge in [-0.3, -0.25) is 0 Å². The van der Waals surface area contributed by atoms with Gasteiger partial charge < -0.3 is 5.11 Å². The SMILES string of the molecule is Cc1nc2c(CO)cccc2s1. The molecule has 0 aliphatic carbocycles. The number of fused-ring (bicyclic) bond motifs is 1. The molecule has 1 heterocycles. The summed E-state index contributed by atoms with van der Waals surface area (Å²) in [5.74, 6) is 0. The van der Waals surface area contributed by atoms with Gasteiger partial charge in [-0.25, -0.2) is 4.98 Å². The van der Waals surface area contributed by atoms with E-state index in [1.54, 1.807) is 11.3 Å². The molecule has 0 aliphatic heterocycles. The summed E-state index contributed by atoms with van der Waals surface area (Å²) < 4.78 is 1.15. The van der Waals surface area contributed by atoms with Crippen molar-refractivity contribution in [2.45, 2.75) is 13.5 Å². The molecule has 2 aromatic rings. The van der Waals surface area contributed by atoms with Crippen molar-refractivity contribution in [2.75, 3.05) is 0 Å². The number of thiazole rings is 1. The maximum atomic E-state index is 9.01. The Labute approximate surface area is 74.5 Å². The van der Waals surface area contributed by atoms with E-state index in [4.69, 9.17) is 5.11 Å². The number of aryl methyl sites for hydroxylation is 1. The highest BCUT2D eigenvalue weighted by atomic mass is 32.1. The van der Waals surface area contributed by atoms with E-state index in [9.17, 15) is 0 Å². The molecule has 0 radical (unpaired) electrons. The molecule has 0 spiro atoms. The highest BCUT2D eigenvalue weighted by Gasteiger charge is 2.03. The molecule has 2 rings (SSSR count). The fourth-order valence-electron chi connectivity index (χ4n) is 1.24. The maximum absolute atomic E-state index is 9.01. The first kappa shape index (κ1) is 7.71. The van der Waals surface area contributed by atoms with E-state index in [2.05, 4.69) is 4.98 Å². The van der Waals surface area contributed by atoms with Gasteiger partial charge in [0.1, 0.15) is 0 Å². The Morgan fingerprint density at radius 2 is 2.33 bits per heavy atom. The molecule has 0 aliphatic rings. The Hall–Kier alpha value is -0.930. The van der Waals surface area contributed by atoms with Crippen molar-refractivity contribution < 1.29 is 5.11 Å². The van der Waals surface area contributed by atoms with Crippen LogP contribution in [-0.2, 0) is 6.61 Å². The van der Waals surface area contributed by atoms with Gasteiger partial charge in [0.25, 0.3) is 0 Å². The lowest BCUT2D eigenvalue weighted by atomic mass is 10.2. The van der Waals surface area contributed by atoms with E-state index >= 15 is 0 Å². The molecule has 2 nitrogen and oxygen atoms in total. The lowest BCUT2D eigenvalue weighted by Crippen LogP contribution is -1.83. The Bertz CT molecular complexity index is 408. The Morgan fingerprint density at radius 1 is 1.50 bits per heavy atom. The maximum Gasteiger partial charge on any atom is 0.0907 e. The minimum absolute atomic E-state index is 0.0700. The van der Waals surface area contributed by atoms with Gasteiger partial charge in [-0.15, -0.1) is 11.3 Å². The molecule has 1 aromatic heterocycles. The number of nitrogens with zero attached hydrogens (tertiary/aromatic N) is 1. The molecule has 0 saturated carbocycles. The summed E-state index contributed by atoms with van der Waals surface area (Å²) >= 11 is 1.66. The quantitative estimate of drug-likeness (QED) is 0.727. The summed E-state index contributed by atoms with van der Waals surface area (Å²) in [6.07, 6.45) is 0. The molecule has 1 N–H and O–H groups in total. The Balaban J connectivity index is 2.78. The van der Waals surface area contributed by atoms with Crippen LogP contribution in [0.2, 0.25) is 0 Å². The number of hydrogen-bond acceptors (Lipinski definition) is 3. The summed E-state index contributed by atoms with van der Waals surface area (Å²) in [6, 6.07) is 5.88. The second kappa shape index (κ2) is 2.84. The summed E-state index contributed by atoms with van der Waals surface area (Å²) in [5.41, 5.74) is 1.86. The molecule has 0 amide bonds. The zero-order valence-electron chi connectivity index (χ0n) is 6.74. The molecule has 62 valence electrons. The van der Waals surface area contributed by atoms with Crippen LogP contribution in [0.4, 0.5) is 0 Å². The van der Waals surface area contributed by atoms with Gasteiger partial charge in [0, 0.05) is 5.56 Å². The van der Waals surface area contributed by atoms with Gasteiger partial charge in [0.2, 0.25) is 0 Å². The molecular formula is C9H9NOS. The fourth-order valence-corrected chi connectivity index (χ4v) is 2.12. The van der Waals surface area contributed by atoms with Gasteiger partial charge in [-0.2, -0.15) is 0 Å². The van der Waals surface area contributed by atoms with Gasteiger partial charge in [0.15, 0.2) is 0 Å². The minimum atomic E-state index is 0.0700. The predicted octanol–water partition coefficient (Wildman–Crippen LogP) is 2.10. The average molecular weight is 179 g/mol. The third-order valence-electron chi connectivity index (χ3n) is 1.78. The number of rotatable bonds is 1. The van der Waals surface area contributed by atoms with Gasteiger partial charge in [-0.05, 0) is 13.0 Å². The van der Waals surface area contributed by atoms with Gasteiger partial charge in [0.05, 0.1) is 21.8 Å². The molecule has 0 unspecified atom stereocenters. The van der Waals surface area contributed by atoms with Crippen LogP contribution in [0.15, 0.2) is 18.2 Å². The summed E-state index contributed by atoms with van der Waals surface area (Å²) in [7, 11) is 0. The van der Waals surface area contributed by atoms with Crippen LogP contribution >= 0.6 is 11.3 Å². The summed E-state index contributed by atoms with van der Waals surface area (Å²) in [5, 5.41) is 10.1. The average Bonchev–Trinajstić information content (AvgIpc) is 2.44.